The van der Waals surface area contributed by atoms with Crippen LogP contribution < -0.4 is 0 Å². The van der Waals surface area contributed by atoms with Crippen LogP contribution in [-0.4, -0.2) is 29.5 Å². The zero-order valence-corrected chi connectivity index (χ0v) is 12.3. The zero-order chi connectivity index (χ0) is 14.7. The molecular weight excluding hydrogens is 269 g/mol. The normalized spacial score (nSPS) is 23.6. The Morgan fingerprint density at radius 3 is 2.71 bits per heavy atom. The summed E-state index contributed by atoms with van der Waals surface area (Å²) >= 11 is 0. The number of carbonyl (C=O) groups excluding carboxylic acids is 1. The average molecular weight is 291 g/mol. The highest BCUT2D eigenvalue weighted by atomic mass is 19.1. The molecule has 0 bridgehead atoms. The second-order valence-corrected chi connectivity index (χ2v) is 6.03. The smallest absolute Gasteiger partial charge is 0.323 e. The fourth-order valence-corrected chi connectivity index (χ4v) is 3.58. The van der Waals surface area contributed by atoms with E-state index in [0.29, 0.717) is 11.6 Å². The molecule has 0 amide bonds. The fraction of sp³-hybridized carbons (Fsp3) is 0.588. The van der Waals surface area contributed by atoms with Crippen LogP contribution in [0.3, 0.4) is 0 Å². The Balaban J connectivity index is 1.58. The third-order valence-corrected chi connectivity index (χ3v) is 4.69. The largest absolute Gasteiger partial charge is 0.460 e. The van der Waals surface area contributed by atoms with E-state index in [1.807, 2.05) is 0 Å². The maximum absolute atomic E-state index is 13.5. The standard InChI is InChI=1S/C17H22FNO2/c18-15-9-4-1-6-13(15)12-21-17(20)16-10-5-11-19(16)14-7-2-3-8-14/h1,4,6,9,14,16H,2-3,5,7-8,10-12H2/t16-/m0/s1. The van der Waals surface area contributed by atoms with Gasteiger partial charge in [-0.3, -0.25) is 9.69 Å². The predicted molar refractivity (Wildman–Crippen MR) is 78.2 cm³/mol. The van der Waals surface area contributed by atoms with Crippen LogP contribution in [-0.2, 0) is 16.1 Å². The Morgan fingerprint density at radius 2 is 1.95 bits per heavy atom. The maximum Gasteiger partial charge on any atom is 0.323 e. The van der Waals surface area contributed by atoms with Crippen molar-refractivity contribution in [2.24, 2.45) is 0 Å². The number of esters is 1. The molecule has 3 rings (SSSR count). The first-order valence-corrected chi connectivity index (χ1v) is 7.91. The molecule has 1 aliphatic carbocycles. The first-order chi connectivity index (χ1) is 10.3. The molecule has 3 nitrogen and oxygen atoms in total. The maximum atomic E-state index is 13.5. The minimum absolute atomic E-state index is 0.0283. The van der Waals surface area contributed by atoms with Crippen molar-refractivity contribution in [2.75, 3.05) is 6.54 Å². The van der Waals surface area contributed by atoms with Gasteiger partial charge in [0.1, 0.15) is 18.5 Å². The lowest BCUT2D eigenvalue weighted by molar-refractivity contribution is -0.151. The van der Waals surface area contributed by atoms with E-state index in [1.54, 1.807) is 18.2 Å². The summed E-state index contributed by atoms with van der Waals surface area (Å²) in [5.74, 6) is -0.507. The quantitative estimate of drug-likeness (QED) is 0.797. The van der Waals surface area contributed by atoms with Crippen LogP contribution in [0.2, 0.25) is 0 Å². The van der Waals surface area contributed by atoms with E-state index in [9.17, 15) is 9.18 Å². The van der Waals surface area contributed by atoms with Crippen molar-refractivity contribution in [2.45, 2.75) is 57.2 Å². The molecule has 114 valence electrons. The van der Waals surface area contributed by atoms with Crippen molar-refractivity contribution in [3.63, 3.8) is 0 Å². The van der Waals surface area contributed by atoms with E-state index in [0.717, 1.165) is 19.4 Å². The average Bonchev–Trinajstić information content (AvgIpc) is 3.16. The predicted octanol–water partition coefficient (Wildman–Crippen LogP) is 3.28. The molecule has 1 heterocycles. The lowest BCUT2D eigenvalue weighted by Gasteiger charge is -2.28. The molecule has 21 heavy (non-hydrogen) atoms. The van der Waals surface area contributed by atoms with Gasteiger partial charge in [-0.2, -0.15) is 0 Å². The minimum atomic E-state index is -0.315. The van der Waals surface area contributed by atoms with E-state index >= 15 is 0 Å². The van der Waals surface area contributed by atoms with E-state index in [1.165, 1.54) is 31.7 Å². The van der Waals surface area contributed by atoms with E-state index in [4.69, 9.17) is 4.74 Å². The van der Waals surface area contributed by atoms with Gasteiger partial charge in [-0.15, -0.1) is 0 Å². The van der Waals surface area contributed by atoms with Gasteiger partial charge in [0, 0.05) is 11.6 Å². The molecule has 1 aromatic rings. The molecule has 4 heteroatoms. The number of halogens is 1. The monoisotopic (exact) mass is 291 g/mol. The summed E-state index contributed by atoms with van der Waals surface area (Å²) < 4.78 is 18.9. The molecule has 1 saturated carbocycles. The van der Waals surface area contributed by atoms with Crippen LogP contribution in [0.1, 0.15) is 44.1 Å². The first kappa shape index (κ1) is 14.5. The molecule has 1 aromatic carbocycles. The summed E-state index contributed by atoms with van der Waals surface area (Å²) in [4.78, 5) is 14.6. The third-order valence-electron chi connectivity index (χ3n) is 4.69. The number of likely N-dealkylation sites (tertiary alicyclic amines) is 1. The number of hydrogen-bond donors (Lipinski definition) is 0. The number of benzene rings is 1. The molecule has 0 aromatic heterocycles. The van der Waals surface area contributed by atoms with Crippen molar-refractivity contribution in [3.05, 3.63) is 35.6 Å². The third kappa shape index (κ3) is 3.26. The SMILES string of the molecule is O=C(OCc1ccccc1F)[C@@H]1CCCN1C1CCCC1. The Kier molecular flexibility index (Phi) is 4.54. The van der Waals surface area contributed by atoms with Gasteiger partial charge in [0.15, 0.2) is 0 Å². The van der Waals surface area contributed by atoms with Crippen LogP contribution in [0, 0.1) is 5.82 Å². The highest BCUT2D eigenvalue weighted by molar-refractivity contribution is 5.76. The Morgan fingerprint density at radius 1 is 1.19 bits per heavy atom. The summed E-state index contributed by atoms with van der Waals surface area (Å²) in [7, 11) is 0. The van der Waals surface area contributed by atoms with Crippen molar-refractivity contribution >= 4 is 5.97 Å². The summed E-state index contributed by atoms with van der Waals surface area (Å²) in [6.07, 6.45) is 6.83. The van der Waals surface area contributed by atoms with E-state index in [-0.39, 0.29) is 24.4 Å². The molecule has 0 spiro atoms. The van der Waals surface area contributed by atoms with E-state index < -0.39 is 0 Å². The summed E-state index contributed by atoms with van der Waals surface area (Å²) in [5.41, 5.74) is 0.441. The molecule has 0 radical (unpaired) electrons. The van der Waals surface area contributed by atoms with Gasteiger partial charge in [0.25, 0.3) is 0 Å². The summed E-state index contributed by atoms with van der Waals surface area (Å²) in [5, 5.41) is 0. The number of hydrogen-bond acceptors (Lipinski definition) is 3. The Labute approximate surface area is 125 Å². The van der Waals surface area contributed by atoms with Crippen molar-refractivity contribution in [1.29, 1.82) is 0 Å². The molecule has 0 N–H and O–H groups in total. The fourth-order valence-electron chi connectivity index (χ4n) is 3.58. The molecule has 1 aliphatic heterocycles. The van der Waals surface area contributed by atoms with Gasteiger partial charge >= 0.3 is 5.97 Å². The molecular formula is C17H22FNO2. The topological polar surface area (TPSA) is 29.5 Å². The minimum Gasteiger partial charge on any atom is -0.460 e. The van der Waals surface area contributed by atoms with Crippen LogP contribution >= 0.6 is 0 Å². The number of carbonyl (C=O) groups is 1. The van der Waals surface area contributed by atoms with Crippen molar-refractivity contribution in [3.8, 4) is 0 Å². The number of nitrogens with zero attached hydrogens (tertiary/aromatic N) is 1. The van der Waals surface area contributed by atoms with Crippen LogP contribution in [0.5, 0.6) is 0 Å². The second kappa shape index (κ2) is 6.56. The second-order valence-electron chi connectivity index (χ2n) is 6.03. The van der Waals surface area contributed by atoms with Crippen molar-refractivity contribution in [1.82, 2.24) is 4.90 Å². The van der Waals surface area contributed by atoms with Crippen LogP contribution in [0.25, 0.3) is 0 Å². The number of ether oxygens (including phenoxy) is 1. The van der Waals surface area contributed by atoms with Crippen LogP contribution in [0.4, 0.5) is 4.39 Å². The van der Waals surface area contributed by atoms with Crippen molar-refractivity contribution < 1.29 is 13.9 Å². The Hall–Kier alpha value is -1.42. The van der Waals surface area contributed by atoms with Gasteiger partial charge < -0.3 is 4.74 Å². The molecule has 1 atom stereocenters. The van der Waals surface area contributed by atoms with Gasteiger partial charge in [-0.1, -0.05) is 31.0 Å². The highest BCUT2D eigenvalue weighted by Crippen LogP contribution is 2.30. The van der Waals surface area contributed by atoms with Gasteiger partial charge in [0.2, 0.25) is 0 Å². The molecule has 2 aliphatic rings. The molecule has 0 unspecified atom stereocenters. The zero-order valence-electron chi connectivity index (χ0n) is 12.3. The highest BCUT2D eigenvalue weighted by Gasteiger charge is 2.37. The summed E-state index contributed by atoms with van der Waals surface area (Å²) in [6.45, 7) is 1.02. The summed E-state index contributed by atoms with van der Waals surface area (Å²) in [6, 6.07) is 6.86. The lowest BCUT2D eigenvalue weighted by Crippen LogP contribution is -2.42. The lowest BCUT2D eigenvalue weighted by atomic mass is 10.1. The van der Waals surface area contributed by atoms with Gasteiger partial charge in [-0.25, -0.2) is 4.39 Å². The van der Waals surface area contributed by atoms with Gasteiger partial charge in [-0.05, 0) is 38.3 Å². The number of rotatable bonds is 4. The first-order valence-electron chi connectivity index (χ1n) is 7.91. The molecule has 2 fully saturated rings. The van der Waals surface area contributed by atoms with Gasteiger partial charge in [0.05, 0.1) is 0 Å². The Bertz CT molecular complexity index is 499. The van der Waals surface area contributed by atoms with E-state index in [2.05, 4.69) is 4.90 Å². The van der Waals surface area contributed by atoms with Crippen LogP contribution in [0.15, 0.2) is 24.3 Å². The molecule has 1 saturated heterocycles.